The number of thiophene rings is 1. The number of carbonyl (C=O) groups is 1. The Kier molecular flexibility index (Phi) is 3.72. The summed E-state index contributed by atoms with van der Waals surface area (Å²) in [7, 11) is 1.75. The van der Waals surface area contributed by atoms with Crippen molar-refractivity contribution in [2.24, 2.45) is 0 Å². The van der Waals surface area contributed by atoms with Crippen molar-refractivity contribution in [2.75, 3.05) is 12.8 Å². The fraction of sp³-hybridized carbons (Fsp3) is 0.273. The smallest absolute Gasteiger partial charge is 0.259 e. The first-order valence-electron chi connectivity index (χ1n) is 5.28. The Morgan fingerprint density at radius 2 is 2.39 bits per heavy atom. The summed E-state index contributed by atoms with van der Waals surface area (Å²) in [5.41, 5.74) is 7.91. The van der Waals surface area contributed by atoms with E-state index in [9.17, 15) is 4.79 Å². The molecule has 3 N–H and O–H groups in total. The zero-order valence-corrected chi connectivity index (χ0v) is 12.4. The second-order valence-corrected chi connectivity index (χ2v) is 6.32. The van der Waals surface area contributed by atoms with Gasteiger partial charge in [0, 0.05) is 19.3 Å². The molecule has 0 aromatic carbocycles. The Balaban J connectivity index is 2.14. The molecular weight excluding hydrogens is 316 g/mol. The van der Waals surface area contributed by atoms with Crippen LogP contribution >= 0.6 is 27.3 Å². The summed E-state index contributed by atoms with van der Waals surface area (Å²) < 4.78 is 1.05. The minimum Gasteiger partial charge on any atom is -0.382 e. The first-order chi connectivity index (χ1) is 8.49. The van der Waals surface area contributed by atoms with Crippen molar-refractivity contribution >= 4 is 39.0 Å². The molecule has 5 nitrogen and oxygen atoms in total. The number of anilines is 1. The molecule has 0 saturated heterocycles. The number of carbonyl (C=O) groups excluding carboxylic acids is 1. The number of amides is 1. The molecule has 2 aromatic rings. The molecule has 0 saturated carbocycles. The highest BCUT2D eigenvalue weighted by Crippen LogP contribution is 2.22. The summed E-state index contributed by atoms with van der Waals surface area (Å²) >= 11 is 5.00. The van der Waals surface area contributed by atoms with E-state index in [1.54, 1.807) is 30.2 Å². The molecule has 0 spiro atoms. The third kappa shape index (κ3) is 2.56. The van der Waals surface area contributed by atoms with Crippen LogP contribution in [0, 0.1) is 6.92 Å². The summed E-state index contributed by atoms with van der Waals surface area (Å²) in [6.45, 7) is 2.33. The number of H-pyrrole nitrogens is 1. The van der Waals surface area contributed by atoms with Gasteiger partial charge in [-0.1, -0.05) is 0 Å². The van der Waals surface area contributed by atoms with Crippen molar-refractivity contribution in [3.63, 3.8) is 0 Å². The molecule has 0 bridgehead atoms. The van der Waals surface area contributed by atoms with E-state index in [0.717, 1.165) is 9.35 Å². The number of nitrogens with one attached hydrogen (secondary N) is 1. The van der Waals surface area contributed by atoms with E-state index in [4.69, 9.17) is 5.73 Å². The van der Waals surface area contributed by atoms with Crippen LogP contribution in [0.15, 0.2) is 15.2 Å². The molecule has 0 unspecified atom stereocenters. The zero-order chi connectivity index (χ0) is 13.3. The molecule has 96 valence electrons. The average Bonchev–Trinajstić information content (AvgIpc) is 2.85. The highest BCUT2D eigenvalue weighted by Gasteiger charge is 2.20. The van der Waals surface area contributed by atoms with Crippen LogP contribution < -0.4 is 5.73 Å². The first-order valence-corrected chi connectivity index (χ1v) is 6.95. The lowest BCUT2D eigenvalue weighted by atomic mass is 10.2. The van der Waals surface area contributed by atoms with Gasteiger partial charge in [-0.15, -0.1) is 11.3 Å². The Morgan fingerprint density at radius 1 is 1.67 bits per heavy atom. The van der Waals surface area contributed by atoms with Crippen LogP contribution in [-0.2, 0) is 6.54 Å². The highest BCUT2D eigenvalue weighted by molar-refractivity contribution is 9.11. The lowest BCUT2D eigenvalue weighted by molar-refractivity contribution is 0.0785. The number of rotatable bonds is 3. The summed E-state index contributed by atoms with van der Waals surface area (Å²) in [6.07, 6.45) is 0. The standard InChI is InChI=1S/C11H13BrN4OS/c1-6-9(10(13)15-14-6)11(17)16(2)4-7-3-8(12)18-5-7/h3,5H,4H2,1-2H3,(H3,13,14,15). The molecule has 0 aliphatic heterocycles. The van der Waals surface area contributed by atoms with E-state index in [2.05, 4.69) is 26.1 Å². The van der Waals surface area contributed by atoms with E-state index in [-0.39, 0.29) is 11.7 Å². The van der Waals surface area contributed by atoms with Gasteiger partial charge in [-0.05, 0) is 39.9 Å². The number of nitrogen functional groups attached to an aromatic ring is 1. The van der Waals surface area contributed by atoms with Crippen LogP contribution in [0.4, 0.5) is 5.82 Å². The molecule has 0 aliphatic carbocycles. The number of nitrogens with zero attached hydrogens (tertiary/aromatic N) is 2. The summed E-state index contributed by atoms with van der Waals surface area (Å²) in [5, 5.41) is 8.56. The van der Waals surface area contributed by atoms with Crippen LogP contribution in [0.2, 0.25) is 0 Å². The monoisotopic (exact) mass is 328 g/mol. The largest absolute Gasteiger partial charge is 0.382 e. The second-order valence-electron chi connectivity index (χ2n) is 4.03. The number of nitrogens with two attached hydrogens (primary N) is 1. The van der Waals surface area contributed by atoms with Gasteiger partial charge in [-0.3, -0.25) is 9.89 Å². The highest BCUT2D eigenvalue weighted by atomic mass is 79.9. The predicted octanol–water partition coefficient (Wildman–Crippen LogP) is 2.40. The lowest BCUT2D eigenvalue weighted by Crippen LogP contribution is -2.27. The molecular formula is C11H13BrN4OS. The maximum Gasteiger partial charge on any atom is 0.259 e. The number of aromatic amines is 1. The summed E-state index contributed by atoms with van der Waals surface area (Å²) in [5.74, 6) is 0.122. The predicted molar refractivity (Wildman–Crippen MR) is 75.6 cm³/mol. The number of aryl methyl sites for hydroxylation is 1. The van der Waals surface area contributed by atoms with Crippen LogP contribution in [0.5, 0.6) is 0 Å². The fourth-order valence-corrected chi connectivity index (χ4v) is 2.88. The maximum atomic E-state index is 12.2. The van der Waals surface area contributed by atoms with Gasteiger partial charge in [0.1, 0.15) is 5.56 Å². The van der Waals surface area contributed by atoms with E-state index in [1.165, 1.54) is 0 Å². The fourth-order valence-electron chi connectivity index (χ4n) is 1.68. The molecule has 0 fully saturated rings. The lowest BCUT2D eigenvalue weighted by Gasteiger charge is -2.16. The number of aromatic nitrogens is 2. The van der Waals surface area contributed by atoms with Crippen LogP contribution in [0.1, 0.15) is 21.6 Å². The number of hydrogen-bond donors (Lipinski definition) is 2. The van der Waals surface area contributed by atoms with Crippen molar-refractivity contribution < 1.29 is 4.79 Å². The van der Waals surface area contributed by atoms with Crippen molar-refractivity contribution in [3.05, 3.63) is 32.1 Å². The molecule has 7 heteroatoms. The van der Waals surface area contributed by atoms with E-state index in [1.807, 2.05) is 11.4 Å². The van der Waals surface area contributed by atoms with Gasteiger partial charge in [0.2, 0.25) is 0 Å². The Hall–Kier alpha value is -1.34. The second kappa shape index (κ2) is 5.11. The number of halogens is 1. The van der Waals surface area contributed by atoms with Crippen molar-refractivity contribution in [3.8, 4) is 0 Å². The molecule has 2 aromatic heterocycles. The van der Waals surface area contributed by atoms with Crippen LogP contribution in [-0.4, -0.2) is 28.1 Å². The van der Waals surface area contributed by atoms with Gasteiger partial charge >= 0.3 is 0 Å². The quantitative estimate of drug-likeness (QED) is 0.908. The molecule has 1 amide bonds. The molecule has 18 heavy (non-hydrogen) atoms. The Bertz CT molecular complexity index is 558. The van der Waals surface area contributed by atoms with Crippen molar-refractivity contribution in [1.82, 2.24) is 15.1 Å². The van der Waals surface area contributed by atoms with Crippen LogP contribution in [0.25, 0.3) is 0 Å². The van der Waals surface area contributed by atoms with Gasteiger partial charge in [0.15, 0.2) is 5.82 Å². The van der Waals surface area contributed by atoms with Gasteiger partial charge < -0.3 is 10.6 Å². The SMILES string of the molecule is Cc1[nH]nc(N)c1C(=O)N(C)Cc1csc(Br)c1. The van der Waals surface area contributed by atoms with Gasteiger partial charge in [-0.2, -0.15) is 5.10 Å². The molecule has 0 atom stereocenters. The molecule has 2 heterocycles. The average molecular weight is 329 g/mol. The van der Waals surface area contributed by atoms with Gasteiger partial charge in [0.05, 0.1) is 3.79 Å². The minimum absolute atomic E-state index is 0.124. The molecule has 2 rings (SSSR count). The Labute approximate surface area is 117 Å². The van der Waals surface area contributed by atoms with Crippen molar-refractivity contribution in [2.45, 2.75) is 13.5 Å². The third-order valence-electron chi connectivity index (χ3n) is 2.58. The topological polar surface area (TPSA) is 75.0 Å². The van der Waals surface area contributed by atoms with Gasteiger partial charge in [0.25, 0.3) is 5.91 Å². The molecule has 0 radical (unpaired) electrons. The summed E-state index contributed by atoms with van der Waals surface area (Å²) in [6, 6.07) is 2.00. The first kappa shape index (κ1) is 13.1. The molecule has 0 aliphatic rings. The minimum atomic E-state index is -0.124. The Morgan fingerprint density at radius 3 is 2.89 bits per heavy atom. The third-order valence-corrected chi connectivity index (χ3v) is 4.13. The van der Waals surface area contributed by atoms with E-state index >= 15 is 0 Å². The van der Waals surface area contributed by atoms with E-state index in [0.29, 0.717) is 17.8 Å². The van der Waals surface area contributed by atoms with Crippen molar-refractivity contribution in [1.29, 1.82) is 0 Å². The van der Waals surface area contributed by atoms with Gasteiger partial charge in [-0.25, -0.2) is 0 Å². The normalized spacial score (nSPS) is 10.6. The van der Waals surface area contributed by atoms with E-state index < -0.39 is 0 Å². The van der Waals surface area contributed by atoms with Crippen LogP contribution in [0.3, 0.4) is 0 Å². The number of hydrogen-bond acceptors (Lipinski definition) is 4. The summed E-state index contributed by atoms with van der Waals surface area (Å²) in [4.78, 5) is 13.9. The zero-order valence-electron chi connectivity index (χ0n) is 10.0. The maximum absolute atomic E-state index is 12.2.